The van der Waals surface area contributed by atoms with Crippen LogP contribution in [0.2, 0.25) is 0 Å². The van der Waals surface area contributed by atoms with Crippen LogP contribution >= 0.6 is 0 Å². The summed E-state index contributed by atoms with van der Waals surface area (Å²) in [5.74, 6) is 0. The van der Waals surface area contributed by atoms with Crippen LogP contribution in [0.1, 0.15) is 11.1 Å². The summed E-state index contributed by atoms with van der Waals surface area (Å²) in [6.45, 7) is 2.13. The lowest BCUT2D eigenvalue weighted by Gasteiger charge is -2.31. The highest BCUT2D eigenvalue weighted by Crippen LogP contribution is 2.27. The van der Waals surface area contributed by atoms with E-state index in [0.717, 1.165) is 19.5 Å². The van der Waals surface area contributed by atoms with E-state index in [2.05, 4.69) is 71.6 Å². The first-order valence-electron chi connectivity index (χ1n) is 7.21. The van der Waals surface area contributed by atoms with Crippen molar-refractivity contribution in [1.82, 2.24) is 0 Å². The number of hydrogen-bond donors (Lipinski definition) is 0. The molecule has 0 fully saturated rings. The standard InChI is InChI=1S/C19H17N/c1-3-7-17-13-19(10-9-15(17)5-1)20-12-11-16-6-2-4-8-18(16)14-20/h1-10,13H,11-12,14H2. The van der Waals surface area contributed by atoms with E-state index in [0.29, 0.717) is 0 Å². The summed E-state index contributed by atoms with van der Waals surface area (Å²) < 4.78 is 0. The lowest BCUT2D eigenvalue weighted by Crippen LogP contribution is -2.30. The summed E-state index contributed by atoms with van der Waals surface area (Å²) in [6.07, 6.45) is 1.14. The third-order valence-electron chi connectivity index (χ3n) is 4.23. The maximum Gasteiger partial charge on any atom is 0.0432 e. The molecule has 1 aliphatic heterocycles. The minimum Gasteiger partial charge on any atom is -0.367 e. The van der Waals surface area contributed by atoms with Gasteiger partial charge in [0.05, 0.1) is 0 Å². The van der Waals surface area contributed by atoms with Gasteiger partial charge in [0, 0.05) is 18.8 Å². The zero-order valence-corrected chi connectivity index (χ0v) is 11.4. The zero-order chi connectivity index (χ0) is 13.4. The van der Waals surface area contributed by atoms with E-state index < -0.39 is 0 Å². The van der Waals surface area contributed by atoms with Gasteiger partial charge in [-0.3, -0.25) is 0 Å². The number of hydrogen-bond acceptors (Lipinski definition) is 1. The van der Waals surface area contributed by atoms with Crippen molar-refractivity contribution in [2.24, 2.45) is 0 Å². The van der Waals surface area contributed by atoms with Crippen molar-refractivity contribution < 1.29 is 0 Å². The predicted octanol–water partition coefficient (Wildman–Crippen LogP) is 4.40. The molecule has 0 N–H and O–H groups in total. The minimum absolute atomic E-state index is 1.02. The first kappa shape index (κ1) is 11.5. The monoisotopic (exact) mass is 259 g/mol. The van der Waals surface area contributed by atoms with E-state index in [4.69, 9.17) is 0 Å². The molecule has 0 unspecified atom stereocenters. The molecular weight excluding hydrogens is 242 g/mol. The Kier molecular flexibility index (Phi) is 2.70. The van der Waals surface area contributed by atoms with Crippen molar-refractivity contribution in [3.05, 3.63) is 77.9 Å². The Bertz CT molecular complexity index is 760. The zero-order valence-electron chi connectivity index (χ0n) is 11.4. The van der Waals surface area contributed by atoms with Gasteiger partial charge in [0.1, 0.15) is 0 Å². The molecule has 0 radical (unpaired) electrons. The van der Waals surface area contributed by atoms with Crippen LogP contribution < -0.4 is 4.90 Å². The molecule has 1 aliphatic rings. The van der Waals surface area contributed by atoms with Crippen LogP contribution in [0.25, 0.3) is 10.8 Å². The van der Waals surface area contributed by atoms with Crippen LogP contribution in [0.15, 0.2) is 66.7 Å². The van der Waals surface area contributed by atoms with Crippen LogP contribution in [0.3, 0.4) is 0 Å². The highest BCUT2D eigenvalue weighted by molar-refractivity contribution is 5.85. The lowest BCUT2D eigenvalue weighted by atomic mass is 9.99. The minimum atomic E-state index is 1.02. The molecule has 0 saturated heterocycles. The topological polar surface area (TPSA) is 3.24 Å². The van der Waals surface area contributed by atoms with Crippen molar-refractivity contribution in [3.8, 4) is 0 Å². The quantitative estimate of drug-likeness (QED) is 0.626. The number of nitrogens with zero attached hydrogens (tertiary/aromatic N) is 1. The van der Waals surface area contributed by atoms with Crippen molar-refractivity contribution >= 4 is 16.5 Å². The van der Waals surface area contributed by atoms with E-state index in [1.54, 1.807) is 0 Å². The molecule has 0 atom stereocenters. The second-order valence-corrected chi connectivity index (χ2v) is 5.47. The average Bonchev–Trinajstić information content (AvgIpc) is 2.54. The summed E-state index contributed by atoms with van der Waals surface area (Å²) in [5.41, 5.74) is 4.30. The van der Waals surface area contributed by atoms with E-state index >= 15 is 0 Å². The van der Waals surface area contributed by atoms with E-state index in [1.807, 2.05) is 0 Å². The third kappa shape index (κ3) is 1.96. The van der Waals surface area contributed by atoms with Crippen LogP contribution in [-0.4, -0.2) is 6.54 Å². The molecular formula is C19H17N. The second kappa shape index (κ2) is 4.68. The Labute approximate surface area is 119 Å². The van der Waals surface area contributed by atoms with Gasteiger partial charge >= 0.3 is 0 Å². The normalized spacial score (nSPS) is 14.3. The van der Waals surface area contributed by atoms with Gasteiger partial charge in [0.15, 0.2) is 0 Å². The summed E-state index contributed by atoms with van der Waals surface area (Å²) in [4.78, 5) is 2.48. The van der Waals surface area contributed by atoms with Gasteiger partial charge in [-0.2, -0.15) is 0 Å². The highest BCUT2D eigenvalue weighted by atomic mass is 15.1. The number of fused-ring (bicyclic) bond motifs is 2. The Morgan fingerprint density at radius 1 is 0.700 bits per heavy atom. The predicted molar refractivity (Wildman–Crippen MR) is 85.1 cm³/mol. The third-order valence-corrected chi connectivity index (χ3v) is 4.23. The fourth-order valence-corrected chi connectivity index (χ4v) is 3.09. The average molecular weight is 259 g/mol. The molecule has 0 amide bonds. The molecule has 98 valence electrons. The van der Waals surface area contributed by atoms with E-state index in [9.17, 15) is 0 Å². The van der Waals surface area contributed by atoms with Gasteiger partial charge in [0.2, 0.25) is 0 Å². The largest absolute Gasteiger partial charge is 0.367 e. The molecule has 1 heteroatoms. The first-order chi connectivity index (χ1) is 9.90. The second-order valence-electron chi connectivity index (χ2n) is 5.47. The van der Waals surface area contributed by atoms with Crippen molar-refractivity contribution in [1.29, 1.82) is 0 Å². The van der Waals surface area contributed by atoms with Gasteiger partial charge < -0.3 is 4.90 Å². The summed E-state index contributed by atoms with van der Waals surface area (Å²) >= 11 is 0. The molecule has 0 aromatic heterocycles. The first-order valence-corrected chi connectivity index (χ1v) is 7.21. The van der Waals surface area contributed by atoms with Gasteiger partial charge in [-0.15, -0.1) is 0 Å². The molecule has 0 saturated carbocycles. The maximum absolute atomic E-state index is 2.48. The van der Waals surface area contributed by atoms with Crippen LogP contribution in [0.4, 0.5) is 5.69 Å². The summed E-state index contributed by atoms with van der Waals surface area (Å²) in [6, 6.07) is 24.1. The molecule has 4 rings (SSSR count). The SMILES string of the molecule is c1ccc2c(c1)CCN(c1ccc3ccccc3c1)C2. The molecule has 1 heterocycles. The number of anilines is 1. The van der Waals surface area contributed by atoms with Crippen molar-refractivity contribution in [2.75, 3.05) is 11.4 Å². The summed E-state index contributed by atoms with van der Waals surface area (Å²) in [7, 11) is 0. The fraction of sp³-hybridized carbons (Fsp3) is 0.158. The van der Waals surface area contributed by atoms with Crippen LogP contribution in [0.5, 0.6) is 0 Å². The van der Waals surface area contributed by atoms with Crippen LogP contribution in [-0.2, 0) is 13.0 Å². The van der Waals surface area contributed by atoms with Gasteiger partial charge in [-0.1, -0.05) is 54.6 Å². The molecule has 3 aromatic rings. The molecule has 3 aromatic carbocycles. The van der Waals surface area contributed by atoms with Crippen molar-refractivity contribution in [3.63, 3.8) is 0 Å². The Morgan fingerprint density at radius 2 is 1.45 bits per heavy atom. The molecule has 1 nitrogen and oxygen atoms in total. The molecule has 0 spiro atoms. The Hall–Kier alpha value is -2.28. The summed E-state index contributed by atoms with van der Waals surface area (Å²) in [5, 5.41) is 2.64. The lowest BCUT2D eigenvalue weighted by molar-refractivity contribution is 0.732. The Morgan fingerprint density at radius 3 is 2.35 bits per heavy atom. The van der Waals surface area contributed by atoms with E-state index in [1.165, 1.54) is 27.6 Å². The Balaban J connectivity index is 1.70. The van der Waals surface area contributed by atoms with Gasteiger partial charge in [0.25, 0.3) is 0 Å². The molecule has 0 bridgehead atoms. The highest BCUT2D eigenvalue weighted by Gasteiger charge is 2.15. The smallest absolute Gasteiger partial charge is 0.0432 e. The fourth-order valence-electron chi connectivity index (χ4n) is 3.09. The van der Waals surface area contributed by atoms with Crippen molar-refractivity contribution in [2.45, 2.75) is 13.0 Å². The number of rotatable bonds is 1. The number of benzene rings is 3. The van der Waals surface area contributed by atoms with Gasteiger partial charge in [-0.25, -0.2) is 0 Å². The molecule has 20 heavy (non-hydrogen) atoms. The van der Waals surface area contributed by atoms with E-state index in [-0.39, 0.29) is 0 Å². The van der Waals surface area contributed by atoms with Gasteiger partial charge in [-0.05, 0) is 40.5 Å². The molecule has 0 aliphatic carbocycles. The maximum atomic E-state index is 2.48. The van der Waals surface area contributed by atoms with Crippen LogP contribution in [0, 0.1) is 0 Å².